The predicted molar refractivity (Wildman–Crippen MR) is 117 cm³/mol. The molecule has 0 unspecified atom stereocenters. The highest BCUT2D eigenvalue weighted by Gasteiger charge is 1.58. The van der Waals surface area contributed by atoms with E-state index in [4.69, 9.17) is 35.7 Å². The molecule has 0 radical (unpaired) electrons. The molecular formula is C13H46O10S3. The van der Waals surface area contributed by atoms with Crippen LogP contribution in [-0.2, 0) is 32.4 Å². The van der Waals surface area contributed by atoms with Crippen molar-refractivity contribution in [2.45, 2.75) is 0 Å². The molecule has 0 aromatic heterocycles. The Hall–Kier alpha value is 0.170. The molecule has 0 heterocycles. The van der Waals surface area contributed by atoms with Crippen LogP contribution in [0.1, 0.15) is 0 Å². The minimum Gasteiger partial charge on any atom is -0.400 e. The topological polar surface area (TPSA) is 193 Å². The Kier molecular flexibility index (Phi) is 426. The van der Waals surface area contributed by atoms with Gasteiger partial charge in [-0.1, -0.05) is 0 Å². The monoisotopic (exact) mass is 458 g/mol. The Bertz CT molecular complexity index is 134. The molecular weight excluding hydrogens is 412 g/mol. The van der Waals surface area contributed by atoms with Gasteiger partial charge in [0.1, 0.15) is 0 Å². The van der Waals surface area contributed by atoms with Gasteiger partial charge < -0.3 is 35.7 Å². The summed E-state index contributed by atoms with van der Waals surface area (Å²) in [6, 6.07) is 0. The molecule has 176 valence electrons. The van der Waals surface area contributed by atoms with E-state index >= 15 is 0 Å². The van der Waals surface area contributed by atoms with E-state index in [1.807, 2.05) is 0 Å². The highest BCUT2D eigenvalue weighted by Crippen LogP contribution is 1.48. The van der Waals surface area contributed by atoms with Gasteiger partial charge in [-0.3, -0.25) is 12.6 Å². The van der Waals surface area contributed by atoms with Gasteiger partial charge in [0, 0.05) is 120 Å². The fraction of sp³-hybridized carbons (Fsp3) is 1.00. The summed E-state index contributed by atoms with van der Waals surface area (Å²) in [4.78, 5) is 0. The van der Waals surface area contributed by atoms with E-state index in [1.165, 1.54) is 0 Å². The highest BCUT2D eigenvalue weighted by molar-refractivity contribution is 7.83. The van der Waals surface area contributed by atoms with Gasteiger partial charge in [0.2, 0.25) is 0 Å². The molecule has 10 nitrogen and oxygen atoms in total. The van der Waals surface area contributed by atoms with Crippen LogP contribution in [0.5, 0.6) is 0 Å². The van der Waals surface area contributed by atoms with Crippen LogP contribution < -0.4 is 0 Å². The van der Waals surface area contributed by atoms with E-state index in [0.717, 1.165) is 49.8 Å². The van der Waals surface area contributed by atoms with Crippen molar-refractivity contribution >= 4 is 32.4 Å². The molecule has 0 aliphatic rings. The van der Waals surface area contributed by atoms with Crippen LogP contribution in [0.25, 0.3) is 0 Å². The standard InChI is InChI=1S/3C2H6OS.7CH4O/c3*1-4(2)3;7*1-2/h3*1-2H3;7*2H,1H3. The van der Waals surface area contributed by atoms with Gasteiger partial charge >= 0.3 is 0 Å². The van der Waals surface area contributed by atoms with Gasteiger partial charge in [0.25, 0.3) is 0 Å². The zero-order chi connectivity index (χ0) is 24.7. The normalized spacial score (nSPS) is 5.65. The first kappa shape index (κ1) is 63.4. The van der Waals surface area contributed by atoms with Crippen LogP contribution in [0.3, 0.4) is 0 Å². The second-order valence-electron chi connectivity index (χ2n) is 2.22. The van der Waals surface area contributed by atoms with E-state index in [0.29, 0.717) is 0 Å². The van der Waals surface area contributed by atoms with Gasteiger partial charge in [0.05, 0.1) is 0 Å². The molecule has 0 saturated heterocycles. The summed E-state index contributed by atoms with van der Waals surface area (Å²) >= 11 is 0. The van der Waals surface area contributed by atoms with Crippen molar-refractivity contribution in [3.63, 3.8) is 0 Å². The average molecular weight is 459 g/mol. The van der Waals surface area contributed by atoms with Gasteiger partial charge in [-0.15, -0.1) is 0 Å². The molecule has 0 aliphatic heterocycles. The number of rotatable bonds is 0. The maximum Gasteiger partial charge on any atom is 0.0319 e. The van der Waals surface area contributed by atoms with Crippen LogP contribution in [0.15, 0.2) is 0 Å². The van der Waals surface area contributed by atoms with Gasteiger partial charge in [0.15, 0.2) is 0 Å². The van der Waals surface area contributed by atoms with Crippen molar-refractivity contribution in [1.82, 2.24) is 0 Å². The quantitative estimate of drug-likeness (QED) is 0.200. The van der Waals surface area contributed by atoms with Crippen molar-refractivity contribution in [2.24, 2.45) is 0 Å². The van der Waals surface area contributed by atoms with Crippen LogP contribution in [0, 0.1) is 0 Å². The Morgan fingerprint density at radius 3 is 0.308 bits per heavy atom. The zero-order valence-corrected chi connectivity index (χ0v) is 21.0. The Balaban J connectivity index is -0.0000000140. The fourth-order valence-electron chi connectivity index (χ4n) is 0. The van der Waals surface area contributed by atoms with E-state index in [1.54, 1.807) is 37.5 Å². The molecule has 0 aromatic carbocycles. The smallest absolute Gasteiger partial charge is 0.0319 e. The van der Waals surface area contributed by atoms with E-state index in [9.17, 15) is 12.6 Å². The van der Waals surface area contributed by atoms with Crippen molar-refractivity contribution < 1.29 is 48.4 Å². The van der Waals surface area contributed by atoms with Gasteiger partial charge in [-0.25, -0.2) is 0 Å². The van der Waals surface area contributed by atoms with Crippen molar-refractivity contribution in [3.05, 3.63) is 0 Å². The highest BCUT2D eigenvalue weighted by atomic mass is 32.2. The fourth-order valence-corrected chi connectivity index (χ4v) is 0. The first-order valence-corrected chi connectivity index (χ1v) is 12.0. The predicted octanol–water partition coefficient (Wildman–Crippen LogP) is -2.76. The molecule has 0 rings (SSSR count). The zero-order valence-electron chi connectivity index (χ0n) is 18.6. The third kappa shape index (κ3) is 449000. The minimum absolute atomic E-state index is 0.611. The number of hydrogen-bond donors (Lipinski definition) is 7. The molecule has 0 atom stereocenters. The second-order valence-corrected chi connectivity index (χ2v) is 6.67. The largest absolute Gasteiger partial charge is 0.400 e. The lowest BCUT2D eigenvalue weighted by molar-refractivity contribution is 0.399. The lowest BCUT2D eigenvalue weighted by Crippen LogP contribution is -1.70. The summed E-state index contributed by atoms with van der Waals surface area (Å²) in [5.41, 5.74) is 0. The molecule has 7 N–H and O–H groups in total. The summed E-state index contributed by atoms with van der Waals surface area (Å²) in [5, 5.41) is 49.0. The lowest BCUT2D eigenvalue weighted by atomic mass is 11.8. The molecule has 13 heteroatoms. The molecule has 0 amide bonds. The Labute approximate surface area is 168 Å². The average Bonchev–Trinajstić information content (AvgIpc) is 2.65. The summed E-state index contributed by atoms with van der Waals surface area (Å²) in [6.07, 6.45) is 9.83. The summed E-state index contributed by atoms with van der Waals surface area (Å²) in [7, 11) is 5.17. The Morgan fingerprint density at radius 1 is 0.308 bits per heavy atom. The number of hydrogen-bond acceptors (Lipinski definition) is 10. The number of aliphatic hydroxyl groups excluding tert-OH is 7. The van der Waals surface area contributed by atoms with Gasteiger partial charge in [-0.2, -0.15) is 0 Å². The molecule has 0 aliphatic carbocycles. The number of aliphatic hydroxyl groups is 7. The van der Waals surface area contributed by atoms with Crippen LogP contribution in [-0.4, -0.2) is 136 Å². The molecule has 26 heavy (non-hydrogen) atoms. The van der Waals surface area contributed by atoms with Crippen LogP contribution in [0.4, 0.5) is 0 Å². The molecule has 0 fully saturated rings. The maximum atomic E-state index is 9.56. The SMILES string of the molecule is CO.CO.CO.CO.CO.CO.CO.CS(C)=O.CS(C)=O.CS(C)=O. The second kappa shape index (κ2) is 175. The third-order valence-corrected chi connectivity index (χ3v) is 0. The Morgan fingerprint density at radius 2 is 0.308 bits per heavy atom. The van der Waals surface area contributed by atoms with Crippen molar-refractivity contribution in [3.8, 4) is 0 Å². The summed E-state index contributed by atoms with van der Waals surface area (Å²) < 4.78 is 28.7. The molecule has 0 bridgehead atoms. The maximum absolute atomic E-state index is 9.56. The van der Waals surface area contributed by atoms with Crippen LogP contribution in [0.2, 0.25) is 0 Å². The summed E-state index contributed by atoms with van der Waals surface area (Å²) in [5.74, 6) is 0. The first-order chi connectivity index (χ1) is 12.2. The van der Waals surface area contributed by atoms with Crippen molar-refractivity contribution in [1.29, 1.82) is 0 Å². The third-order valence-electron chi connectivity index (χ3n) is 0. The summed E-state index contributed by atoms with van der Waals surface area (Å²) in [6.45, 7) is 0. The first-order valence-electron chi connectivity index (χ1n) is 6.08. The van der Waals surface area contributed by atoms with Crippen molar-refractivity contribution in [2.75, 3.05) is 87.3 Å². The molecule has 0 spiro atoms. The lowest BCUT2D eigenvalue weighted by Gasteiger charge is -1.60. The minimum atomic E-state index is -0.611. The van der Waals surface area contributed by atoms with E-state index in [-0.39, 0.29) is 0 Å². The van der Waals surface area contributed by atoms with Gasteiger partial charge in [-0.05, 0) is 0 Å². The molecule has 0 aromatic rings. The van der Waals surface area contributed by atoms with E-state index < -0.39 is 32.4 Å². The molecule has 0 saturated carbocycles. The van der Waals surface area contributed by atoms with Crippen LogP contribution >= 0.6 is 0 Å². The van der Waals surface area contributed by atoms with E-state index in [2.05, 4.69) is 0 Å².